The molecule has 1 N–H and O–H groups in total. The topological polar surface area (TPSA) is 36.4 Å². The summed E-state index contributed by atoms with van der Waals surface area (Å²) in [6, 6.07) is 3.97. The third-order valence-corrected chi connectivity index (χ3v) is 4.04. The van der Waals surface area contributed by atoms with Gasteiger partial charge < -0.3 is 10.0 Å². The fourth-order valence-corrected chi connectivity index (χ4v) is 2.67. The summed E-state index contributed by atoms with van der Waals surface area (Å²) in [6.45, 7) is 9.26. The van der Waals surface area contributed by atoms with Crippen molar-refractivity contribution in [3.8, 4) is 0 Å². The largest absolute Gasteiger partial charge is 0.392 e. The Labute approximate surface area is 110 Å². The Bertz CT molecular complexity index is 372. The highest BCUT2D eigenvalue weighted by Crippen LogP contribution is 2.35. The summed E-state index contributed by atoms with van der Waals surface area (Å²) in [7, 11) is 0. The quantitative estimate of drug-likeness (QED) is 0.874. The normalized spacial score (nSPS) is 18.1. The minimum Gasteiger partial charge on any atom is -0.392 e. The molecule has 1 aliphatic heterocycles. The van der Waals surface area contributed by atoms with E-state index >= 15 is 0 Å². The Kier molecular flexibility index (Phi) is 3.91. The molecule has 2 heterocycles. The first-order valence-electron chi connectivity index (χ1n) is 6.81. The molecule has 3 heteroatoms. The van der Waals surface area contributed by atoms with Crippen LogP contribution in [0, 0.1) is 11.3 Å². The van der Waals surface area contributed by atoms with Crippen molar-refractivity contribution in [2.75, 3.05) is 18.0 Å². The number of hydrogen-bond donors (Lipinski definition) is 1. The van der Waals surface area contributed by atoms with Gasteiger partial charge in [-0.05, 0) is 35.8 Å². The Hall–Kier alpha value is -1.09. The van der Waals surface area contributed by atoms with Gasteiger partial charge in [-0.2, -0.15) is 0 Å². The maximum Gasteiger partial charge on any atom is 0.128 e. The molecule has 1 aliphatic rings. The number of hydrogen-bond acceptors (Lipinski definition) is 3. The molecule has 0 saturated carbocycles. The van der Waals surface area contributed by atoms with E-state index in [1.807, 2.05) is 12.1 Å². The van der Waals surface area contributed by atoms with Gasteiger partial charge in [0.2, 0.25) is 0 Å². The van der Waals surface area contributed by atoms with Gasteiger partial charge in [0.25, 0.3) is 0 Å². The summed E-state index contributed by atoms with van der Waals surface area (Å²) in [5.74, 6) is 1.85. The van der Waals surface area contributed by atoms with Crippen LogP contribution in [0.2, 0.25) is 0 Å². The lowest BCUT2D eigenvalue weighted by Gasteiger charge is -2.39. The molecule has 2 rings (SSSR count). The second-order valence-corrected chi connectivity index (χ2v) is 6.31. The molecule has 0 spiro atoms. The first kappa shape index (κ1) is 13.3. The average Bonchev–Trinajstić information content (AvgIpc) is 2.38. The summed E-state index contributed by atoms with van der Waals surface area (Å²) >= 11 is 0. The molecule has 18 heavy (non-hydrogen) atoms. The first-order chi connectivity index (χ1) is 8.50. The van der Waals surface area contributed by atoms with E-state index in [-0.39, 0.29) is 6.61 Å². The third kappa shape index (κ3) is 3.02. The van der Waals surface area contributed by atoms with Crippen molar-refractivity contribution in [2.45, 2.75) is 40.2 Å². The molecule has 0 aliphatic carbocycles. The van der Waals surface area contributed by atoms with Crippen LogP contribution in [-0.4, -0.2) is 23.2 Å². The summed E-state index contributed by atoms with van der Waals surface area (Å²) in [6.07, 6.45) is 4.26. The summed E-state index contributed by atoms with van der Waals surface area (Å²) in [5.41, 5.74) is 1.30. The van der Waals surface area contributed by atoms with Gasteiger partial charge in [-0.1, -0.05) is 26.8 Å². The monoisotopic (exact) mass is 248 g/mol. The number of nitrogens with zero attached hydrogens (tertiary/aromatic N) is 2. The van der Waals surface area contributed by atoms with E-state index in [4.69, 9.17) is 5.11 Å². The van der Waals surface area contributed by atoms with Gasteiger partial charge >= 0.3 is 0 Å². The van der Waals surface area contributed by atoms with Gasteiger partial charge in [0.15, 0.2) is 0 Å². The van der Waals surface area contributed by atoms with Crippen LogP contribution in [0.3, 0.4) is 0 Å². The van der Waals surface area contributed by atoms with Crippen molar-refractivity contribution in [1.82, 2.24) is 4.98 Å². The maximum atomic E-state index is 9.01. The van der Waals surface area contributed by atoms with E-state index in [1.165, 1.54) is 12.8 Å². The van der Waals surface area contributed by atoms with E-state index in [2.05, 4.69) is 30.7 Å². The second-order valence-electron chi connectivity index (χ2n) is 6.31. The molecule has 0 radical (unpaired) electrons. The van der Waals surface area contributed by atoms with Crippen LogP contribution in [0.15, 0.2) is 18.3 Å². The van der Waals surface area contributed by atoms with Crippen LogP contribution in [0.5, 0.6) is 0 Å². The lowest BCUT2D eigenvalue weighted by molar-refractivity contribution is 0.198. The molecule has 3 nitrogen and oxygen atoms in total. The highest BCUT2D eigenvalue weighted by atomic mass is 16.3. The fraction of sp³-hybridized carbons (Fsp3) is 0.667. The summed E-state index contributed by atoms with van der Waals surface area (Å²) < 4.78 is 0. The summed E-state index contributed by atoms with van der Waals surface area (Å²) in [5, 5.41) is 9.01. The van der Waals surface area contributed by atoms with Gasteiger partial charge in [0, 0.05) is 19.3 Å². The Morgan fingerprint density at radius 1 is 1.28 bits per heavy atom. The predicted molar refractivity (Wildman–Crippen MR) is 74.6 cm³/mol. The van der Waals surface area contributed by atoms with Crippen molar-refractivity contribution in [3.05, 3.63) is 23.9 Å². The smallest absolute Gasteiger partial charge is 0.128 e. The van der Waals surface area contributed by atoms with E-state index in [0.717, 1.165) is 30.4 Å². The van der Waals surface area contributed by atoms with Crippen molar-refractivity contribution < 1.29 is 5.11 Å². The number of aromatic nitrogens is 1. The lowest BCUT2D eigenvalue weighted by atomic mass is 9.75. The van der Waals surface area contributed by atoms with E-state index in [1.54, 1.807) is 6.20 Å². The Balaban J connectivity index is 1.96. The van der Waals surface area contributed by atoms with Crippen molar-refractivity contribution >= 4 is 5.82 Å². The standard InChI is InChI=1S/C15H24N2O/c1-15(2,3)13-6-8-17(9-7-13)14-5-4-12(11-18)10-16-14/h4-5,10,13,18H,6-9,11H2,1-3H3. The van der Waals surface area contributed by atoms with Gasteiger partial charge in [-0.15, -0.1) is 0 Å². The molecule has 1 aromatic rings. The summed E-state index contributed by atoms with van der Waals surface area (Å²) in [4.78, 5) is 6.78. The van der Waals surface area contributed by atoms with Crippen LogP contribution in [0.1, 0.15) is 39.2 Å². The van der Waals surface area contributed by atoms with Gasteiger partial charge in [0.1, 0.15) is 5.82 Å². The minimum atomic E-state index is 0.0688. The number of piperidine rings is 1. The van der Waals surface area contributed by atoms with Crippen molar-refractivity contribution in [2.24, 2.45) is 11.3 Å². The van der Waals surface area contributed by atoms with Crippen molar-refractivity contribution in [3.63, 3.8) is 0 Å². The second kappa shape index (κ2) is 5.27. The average molecular weight is 248 g/mol. The van der Waals surface area contributed by atoms with Crippen LogP contribution in [0.25, 0.3) is 0 Å². The number of pyridine rings is 1. The zero-order chi connectivity index (χ0) is 13.2. The molecular formula is C15H24N2O. The fourth-order valence-electron chi connectivity index (χ4n) is 2.67. The zero-order valence-corrected chi connectivity index (χ0v) is 11.7. The Morgan fingerprint density at radius 3 is 2.39 bits per heavy atom. The first-order valence-corrected chi connectivity index (χ1v) is 6.81. The molecule has 0 bridgehead atoms. The molecular weight excluding hydrogens is 224 g/mol. The third-order valence-electron chi connectivity index (χ3n) is 4.04. The van der Waals surface area contributed by atoms with Crippen molar-refractivity contribution in [1.29, 1.82) is 0 Å². The van der Waals surface area contributed by atoms with Crippen LogP contribution < -0.4 is 4.90 Å². The predicted octanol–water partition coefficient (Wildman–Crippen LogP) is 2.84. The van der Waals surface area contributed by atoms with E-state index < -0.39 is 0 Å². The van der Waals surface area contributed by atoms with Crippen LogP contribution in [0.4, 0.5) is 5.82 Å². The lowest BCUT2D eigenvalue weighted by Crippen LogP contribution is -2.38. The molecule has 100 valence electrons. The number of rotatable bonds is 2. The van der Waals surface area contributed by atoms with Crippen LogP contribution in [-0.2, 0) is 6.61 Å². The Morgan fingerprint density at radius 2 is 1.94 bits per heavy atom. The number of aliphatic hydroxyl groups excluding tert-OH is 1. The molecule has 1 aromatic heterocycles. The van der Waals surface area contributed by atoms with E-state index in [9.17, 15) is 0 Å². The minimum absolute atomic E-state index is 0.0688. The van der Waals surface area contributed by atoms with Gasteiger partial charge in [-0.25, -0.2) is 4.98 Å². The number of aliphatic hydroxyl groups is 1. The van der Waals surface area contributed by atoms with Crippen LogP contribution >= 0.6 is 0 Å². The SMILES string of the molecule is CC(C)(C)C1CCN(c2ccc(CO)cn2)CC1. The van der Waals surface area contributed by atoms with E-state index in [0.29, 0.717) is 5.41 Å². The molecule has 0 amide bonds. The molecule has 1 saturated heterocycles. The molecule has 1 fully saturated rings. The molecule has 0 unspecified atom stereocenters. The maximum absolute atomic E-state index is 9.01. The van der Waals surface area contributed by atoms with Gasteiger partial charge in [-0.3, -0.25) is 0 Å². The zero-order valence-electron chi connectivity index (χ0n) is 11.7. The number of anilines is 1. The van der Waals surface area contributed by atoms with Gasteiger partial charge in [0.05, 0.1) is 6.61 Å². The molecule has 0 atom stereocenters. The highest BCUT2D eigenvalue weighted by Gasteiger charge is 2.28. The highest BCUT2D eigenvalue weighted by molar-refractivity contribution is 5.39. The molecule has 0 aromatic carbocycles.